The highest BCUT2D eigenvalue weighted by molar-refractivity contribution is 6.75. The van der Waals surface area contributed by atoms with Crippen LogP contribution in [0.15, 0.2) is 0 Å². The molecule has 1 aliphatic rings. The van der Waals surface area contributed by atoms with Gasteiger partial charge in [-0.15, -0.1) is 12.4 Å². The van der Waals surface area contributed by atoms with E-state index in [1.54, 1.807) is 0 Å². The molecule has 0 radical (unpaired) electrons. The minimum absolute atomic E-state index is 0. The third-order valence-corrected chi connectivity index (χ3v) is 1.98. The van der Waals surface area contributed by atoms with Gasteiger partial charge in [-0.3, -0.25) is 0 Å². The van der Waals surface area contributed by atoms with Gasteiger partial charge in [0, 0.05) is 6.54 Å². The van der Waals surface area contributed by atoms with Crippen molar-refractivity contribution in [1.82, 2.24) is 5.32 Å². The first-order chi connectivity index (χ1) is 5.50. The highest BCUT2D eigenvalue weighted by Gasteiger charge is 2.35. The Labute approximate surface area is 97.4 Å². The number of alkyl halides is 3. The van der Waals surface area contributed by atoms with E-state index in [-0.39, 0.29) is 18.5 Å². The summed E-state index contributed by atoms with van der Waals surface area (Å²) < 4.78 is 2.92. The van der Waals surface area contributed by atoms with Crippen molar-refractivity contribution in [2.75, 3.05) is 13.1 Å². The minimum Gasteiger partial charge on any atom is -0.458 e. The second kappa shape index (κ2) is 5.47. The molecule has 1 heterocycles. The molecule has 0 aromatic rings. The van der Waals surface area contributed by atoms with Crippen molar-refractivity contribution in [3.05, 3.63) is 0 Å². The third kappa shape index (κ3) is 4.56. The van der Waals surface area contributed by atoms with Crippen LogP contribution in [0.25, 0.3) is 0 Å². The van der Waals surface area contributed by atoms with Gasteiger partial charge >= 0.3 is 5.97 Å². The second-order valence-corrected chi connectivity index (χ2v) is 4.80. The fraction of sp³-hybridized carbons (Fsp3) is 0.833. The monoisotopic (exact) mass is 267 g/mol. The van der Waals surface area contributed by atoms with Crippen molar-refractivity contribution < 1.29 is 9.53 Å². The molecule has 1 rings (SSSR count). The van der Waals surface area contributed by atoms with Crippen LogP contribution >= 0.6 is 47.2 Å². The molecule has 0 amide bonds. The molecule has 1 saturated heterocycles. The quantitative estimate of drug-likeness (QED) is 0.581. The maximum Gasteiger partial charge on any atom is 0.358 e. The lowest BCUT2D eigenvalue weighted by atomic mass is 10.3. The van der Waals surface area contributed by atoms with Gasteiger partial charge in [-0.25, -0.2) is 4.79 Å². The lowest BCUT2D eigenvalue weighted by Crippen LogP contribution is -2.28. The largest absolute Gasteiger partial charge is 0.458 e. The summed E-state index contributed by atoms with van der Waals surface area (Å²) in [6.07, 6.45) is 0.611. The average Bonchev–Trinajstić information content (AvgIpc) is 2.37. The molecular formula is C6H9Cl4NO2. The van der Waals surface area contributed by atoms with Crippen LogP contribution < -0.4 is 5.32 Å². The molecule has 1 N–H and O–H groups in total. The number of hydrogen-bond acceptors (Lipinski definition) is 3. The van der Waals surface area contributed by atoms with Gasteiger partial charge in [0.25, 0.3) is 3.79 Å². The van der Waals surface area contributed by atoms with Crippen LogP contribution in [0.3, 0.4) is 0 Å². The summed E-state index contributed by atoms with van der Waals surface area (Å²) in [7, 11) is 0. The molecule has 0 aliphatic carbocycles. The molecule has 13 heavy (non-hydrogen) atoms. The van der Waals surface area contributed by atoms with Crippen LogP contribution in [0.1, 0.15) is 6.42 Å². The smallest absolute Gasteiger partial charge is 0.358 e. The van der Waals surface area contributed by atoms with Crippen molar-refractivity contribution in [3.8, 4) is 0 Å². The molecule has 78 valence electrons. The maximum atomic E-state index is 11.0. The van der Waals surface area contributed by atoms with Gasteiger partial charge in [0.15, 0.2) is 0 Å². The van der Waals surface area contributed by atoms with Crippen molar-refractivity contribution in [1.29, 1.82) is 0 Å². The van der Waals surface area contributed by atoms with Gasteiger partial charge in [-0.05, 0) is 13.0 Å². The molecule has 3 nitrogen and oxygen atoms in total. The van der Waals surface area contributed by atoms with E-state index in [9.17, 15) is 4.79 Å². The Kier molecular flexibility index (Phi) is 5.71. The van der Waals surface area contributed by atoms with Gasteiger partial charge in [0.2, 0.25) is 0 Å². The SMILES string of the molecule is Cl.O=C(OC1CCNC1)C(Cl)(Cl)Cl. The molecule has 0 bridgehead atoms. The summed E-state index contributed by atoms with van der Waals surface area (Å²) in [5.74, 6) is -0.804. The highest BCUT2D eigenvalue weighted by atomic mass is 35.6. The van der Waals surface area contributed by atoms with E-state index >= 15 is 0 Å². The predicted molar refractivity (Wildman–Crippen MR) is 54.9 cm³/mol. The van der Waals surface area contributed by atoms with Crippen LogP contribution in [0, 0.1) is 0 Å². The number of nitrogens with one attached hydrogen (secondary N) is 1. The Morgan fingerprint density at radius 3 is 2.46 bits per heavy atom. The Bertz CT molecular complexity index is 176. The molecular weight excluding hydrogens is 260 g/mol. The first-order valence-electron chi connectivity index (χ1n) is 3.48. The zero-order valence-electron chi connectivity index (χ0n) is 6.56. The molecule has 7 heteroatoms. The van der Waals surface area contributed by atoms with Gasteiger partial charge in [0.05, 0.1) is 0 Å². The summed E-state index contributed by atoms with van der Waals surface area (Å²) in [6, 6.07) is 0. The normalized spacial score (nSPS) is 22.2. The summed E-state index contributed by atoms with van der Waals surface area (Å²) in [4.78, 5) is 11.0. The number of esters is 1. The van der Waals surface area contributed by atoms with E-state index in [1.807, 2.05) is 0 Å². The molecule has 0 aromatic heterocycles. The zero-order valence-corrected chi connectivity index (χ0v) is 9.64. The summed E-state index contributed by atoms with van der Waals surface area (Å²) in [5.41, 5.74) is 0. The number of carbonyl (C=O) groups excluding carboxylic acids is 1. The number of ether oxygens (including phenoxy) is 1. The van der Waals surface area contributed by atoms with Crippen LogP contribution in [-0.2, 0) is 9.53 Å². The summed E-state index contributed by atoms with van der Waals surface area (Å²) in [6.45, 7) is 1.46. The molecule has 0 saturated carbocycles. The molecule has 1 fully saturated rings. The first-order valence-corrected chi connectivity index (χ1v) is 4.62. The summed E-state index contributed by atoms with van der Waals surface area (Å²) in [5, 5.41) is 3.02. The fourth-order valence-corrected chi connectivity index (χ4v) is 1.08. The van der Waals surface area contributed by atoms with Crippen LogP contribution in [0.5, 0.6) is 0 Å². The second-order valence-electron chi connectivity index (χ2n) is 2.52. The fourth-order valence-electron chi connectivity index (χ4n) is 0.947. The number of hydrogen-bond donors (Lipinski definition) is 1. The molecule has 1 aliphatic heterocycles. The maximum absolute atomic E-state index is 11.0. The summed E-state index contributed by atoms with van der Waals surface area (Å²) >= 11 is 15.9. The van der Waals surface area contributed by atoms with E-state index in [0.29, 0.717) is 6.54 Å². The number of rotatable bonds is 1. The number of carbonyl (C=O) groups is 1. The third-order valence-electron chi connectivity index (χ3n) is 1.52. The van der Waals surface area contributed by atoms with Crippen molar-refractivity contribution >= 4 is 53.2 Å². The Morgan fingerprint density at radius 1 is 1.46 bits per heavy atom. The standard InChI is InChI=1S/C6H8Cl3NO2.ClH/c7-6(8,9)5(11)12-4-1-2-10-3-4;/h4,10H,1-3H2;1H. The lowest BCUT2D eigenvalue weighted by molar-refractivity contribution is -0.146. The topological polar surface area (TPSA) is 38.3 Å². The average molecular weight is 269 g/mol. The van der Waals surface area contributed by atoms with Crippen molar-refractivity contribution in [2.24, 2.45) is 0 Å². The van der Waals surface area contributed by atoms with Gasteiger partial charge in [-0.2, -0.15) is 0 Å². The van der Waals surface area contributed by atoms with Crippen LogP contribution in [-0.4, -0.2) is 29.0 Å². The van der Waals surface area contributed by atoms with Crippen LogP contribution in [0.2, 0.25) is 0 Å². The lowest BCUT2D eigenvalue weighted by Gasteiger charge is -2.14. The Hall–Kier alpha value is 0.590. The molecule has 1 atom stereocenters. The van der Waals surface area contributed by atoms with Gasteiger partial charge in [-0.1, -0.05) is 34.8 Å². The number of halogens is 4. The molecule has 0 aromatic carbocycles. The molecule has 1 unspecified atom stereocenters. The van der Waals surface area contributed by atoms with E-state index in [2.05, 4.69) is 5.32 Å². The van der Waals surface area contributed by atoms with E-state index in [0.717, 1.165) is 13.0 Å². The van der Waals surface area contributed by atoms with E-state index in [4.69, 9.17) is 39.5 Å². The van der Waals surface area contributed by atoms with Crippen molar-refractivity contribution in [3.63, 3.8) is 0 Å². The van der Waals surface area contributed by atoms with E-state index < -0.39 is 9.76 Å². The van der Waals surface area contributed by atoms with Gasteiger partial charge in [0.1, 0.15) is 6.10 Å². The zero-order chi connectivity index (χ0) is 9.19. The molecule has 0 spiro atoms. The minimum atomic E-state index is -1.96. The van der Waals surface area contributed by atoms with Gasteiger partial charge < -0.3 is 10.1 Å². The highest BCUT2D eigenvalue weighted by Crippen LogP contribution is 2.28. The van der Waals surface area contributed by atoms with Crippen LogP contribution in [0.4, 0.5) is 0 Å². The first kappa shape index (κ1) is 13.6. The predicted octanol–water partition coefficient (Wildman–Crippen LogP) is 1.68. The Morgan fingerprint density at radius 2 is 2.08 bits per heavy atom. The van der Waals surface area contributed by atoms with E-state index in [1.165, 1.54) is 0 Å². The van der Waals surface area contributed by atoms with Crippen molar-refractivity contribution in [2.45, 2.75) is 16.3 Å². The Balaban J connectivity index is 0.00000144.